The van der Waals surface area contributed by atoms with Gasteiger partial charge >= 0.3 is 5.97 Å². The summed E-state index contributed by atoms with van der Waals surface area (Å²) >= 11 is 1.36. The van der Waals surface area contributed by atoms with Crippen LogP contribution in [0.3, 0.4) is 0 Å². The second kappa shape index (κ2) is 8.31. The number of hydrogen-bond donors (Lipinski definition) is 0. The van der Waals surface area contributed by atoms with Crippen molar-refractivity contribution >= 4 is 34.0 Å². The van der Waals surface area contributed by atoms with Crippen molar-refractivity contribution in [2.24, 2.45) is 0 Å². The van der Waals surface area contributed by atoms with E-state index >= 15 is 0 Å². The molecule has 0 saturated carbocycles. The molecule has 0 bridgehead atoms. The highest BCUT2D eigenvalue weighted by molar-refractivity contribution is 7.09. The van der Waals surface area contributed by atoms with Crippen molar-refractivity contribution < 1.29 is 14.3 Å². The average Bonchev–Trinajstić information content (AvgIpc) is 3.14. The predicted molar refractivity (Wildman–Crippen MR) is 107 cm³/mol. The molecule has 0 saturated heterocycles. The van der Waals surface area contributed by atoms with E-state index in [0.29, 0.717) is 29.4 Å². The number of ether oxygens (including phenoxy) is 1. The van der Waals surface area contributed by atoms with Gasteiger partial charge in [0, 0.05) is 17.0 Å². The van der Waals surface area contributed by atoms with E-state index in [1.807, 2.05) is 56.3 Å². The van der Waals surface area contributed by atoms with Gasteiger partial charge in [-0.25, -0.2) is 9.78 Å². The second-order valence-corrected chi connectivity index (χ2v) is 7.38. The summed E-state index contributed by atoms with van der Waals surface area (Å²) in [6.07, 6.45) is 0. The van der Waals surface area contributed by atoms with Crippen molar-refractivity contribution in [2.75, 3.05) is 6.61 Å². The zero-order valence-electron chi connectivity index (χ0n) is 15.6. The fourth-order valence-corrected chi connectivity index (χ4v) is 3.57. The summed E-state index contributed by atoms with van der Waals surface area (Å²) in [7, 11) is 0. The van der Waals surface area contributed by atoms with Crippen LogP contribution in [0.5, 0.6) is 0 Å². The highest BCUT2D eigenvalue weighted by atomic mass is 32.1. The second-order valence-electron chi connectivity index (χ2n) is 6.44. The van der Waals surface area contributed by atoms with Gasteiger partial charge in [-0.15, -0.1) is 11.3 Å². The van der Waals surface area contributed by atoms with Crippen LogP contribution in [0, 0.1) is 0 Å². The fourth-order valence-electron chi connectivity index (χ4n) is 2.81. The Kier molecular flexibility index (Phi) is 5.86. The van der Waals surface area contributed by atoms with Gasteiger partial charge in [0.2, 0.25) is 0 Å². The van der Waals surface area contributed by atoms with Crippen LogP contribution in [0.2, 0.25) is 0 Å². The number of benzene rings is 2. The first-order chi connectivity index (χ1) is 13.0. The van der Waals surface area contributed by atoms with Gasteiger partial charge in [0.05, 0.1) is 13.2 Å². The maximum Gasteiger partial charge on any atom is 0.357 e. The van der Waals surface area contributed by atoms with E-state index in [0.717, 1.165) is 10.8 Å². The minimum atomic E-state index is -0.433. The van der Waals surface area contributed by atoms with Crippen LogP contribution in [0.1, 0.15) is 46.6 Å². The summed E-state index contributed by atoms with van der Waals surface area (Å²) in [6.45, 7) is 6.36. The third-order valence-corrected chi connectivity index (χ3v) is 5.06. The highest BCUT2D eigenvalue weighted by Gasteiger charge is 2.21. The molecule has 0 aliphatic carbocycles. The van der Waals surface area contributed by atoms with Crippen molar-refractivity contribution in [1.82, 2.24) is 9.88 Å². The Morgan fingerprint density at radius 3 is 2.59 bits per heavy atom. The molecule has 0 spiro atoms. The van der Waals surface area contributed by atoms with E-state index in [9.17, 15) is 9.59 Å². The maximum atomic E-state index is 13.1. The van der Waals surface area contributed by atoms with Crippen LogP contribution in [-0.4, -0.2) is 34.4 Å². The summed E-state index contributed by atoms with van der Waals surface area (Å²) in [5.74, 6) is -0.486. The van der Waals surface area contributed by atoms with Crippen molar-refractivity contribution in [2.45, 2.75) is 33.4 Å². The number of thiazole rings is 1. The first-order valence-corrected chi connectivity index (χ1v) is 9.79. The monoisotopic (exact) mass is 382 g/mol. The van der Waals surface area contributed by atoms with Gasteiger partial charge < -0.3 is 9.64 Å². The Morgan fingerprint density at radius 2 is 1.89 bits per heavy atom. The molecular weight excluding hydrogens is 360 g/mol. The van der Waals surface area contributed by atoms with Crippen LogP contribution in [0.25, 0.3) is 10.8 Å². The zero-order valence-corrected chi connectivity index (χ0v) is 16.5. The number of carbonyl (C=O) groups is 2. The van der Waals surface area contributed by atoms with Gasteiger partial charge in [0.25, 0.3) is 5.91 Å². The molecule has 5 nitrogen and oxygen atoms in total. The number of fused-ring (bicyclic) bond motifs is 1. The lowest BCUT2D eigenvalue weighted by Gasteiger charge is -2.26. The molecular formula is C21H22N2O3S. The number of esters is 1. The molecule has 0 N–H and O–H groups in total. The number of carbonyl (C=O) groups excluding carboxylic acids is 2. The quantitative estimate of drug-likeness (QED) is 0.588. The van der Waals surface area contributed by atoms with E-state index in [2.05, 4.69) is 4.98 Å². The first kappa shape index (κ1) is 19.0. The number of amides is 1. The fraction of sp³-hybridized carbons (Fsp3) is 0.286. The van der Waals surface area contributed by atoms with Gasteiger partial charge in [-0.05, 0) is 43.7 Å². The predicted octanol–water partition coefficient (Wildman–Crippen LogP) is 4.52. The molecule has 27 heavy (non-hydrogen) atoms. The van der Waals surface area contributed by atoms with Crippen molar-refractivity contribution in [3.05, 3.63) is 64.1 Å². The average molecular weight is 382 g/mol. The van der Waals surface area contributed by atoms with Crippen LogP contribution in [0.4, 0.5) is 0 Å². The SMILES string of the molecule is CCOC(=O)c1csc(CN(C(=O)c2ccc3ccccc3c2)C(C)C)n1. The summed E-state index contributed by atoms with van der Waals surface area (Å²) in [5.41, 5.74) is 0.934. The molecule has 0 aliphatic heterocycles. The minimum Gasteiger partial charge on any atom is -0.461 e. The number of nitrogens with zero attached hydrogens (tertiary/aromatic N) is 2. The van der Waals surface area contributed by atoms with Gasteiger partial charge in [0.15, 0.2) is 5.69 Å². The Balaban J connectivity index is 1.82. The summed E-state index contributed by atoms with van der Waals surface area (Å²) in [5, 5.41) is 4.52. The standard InChI is InChI=1S/C21H22N2O3S/c1-4-26-21(25)18-13-27-19(22-18)12-23(14(2)3)20(24)17-10-9-15-7-5-6-8-16(15)11-17/h5-11,13-14H,4,12H2,1-3H3. The van der Waals surface area contributed by atoms with Gasteiger partial charge in [-0.1, -0.05) is 30.3 Å². The molecule has 1 amide bonds. The van der Waals surface area contributed by atoms with Gasteiger partial charge in [-0.3, -0.25) is 4.79 Å². The molecule has 3 aromatic rings. The molecule has 0 aliphatic rings. The highest BCUT2D eigenvalue weighted by Crippen LogP contribution is 2.20. The van der Waals surface area contributed by atoms with Crippen LogP contribution in [-0.2, 0) is 11.3 Å². The molecule has 0 atom stereocenters. The van der Waals surface area contributed by atoms with E-state index < -0.39 is 5.97 Å². The van der Waals surface area contributed by atoms with Crippen LogP contribution < -0.4 is 0 Å². The lowest BCUT2D eigenvalue weighted by Crippen LogP contribution is -2.36. The smallest absolute Gasteiger partial charge is 0.357 e. The van der Waals surface area contributed by atoms with Crippen molar-refractivity contribution in [3.8, 4) is 0 Å². The van der Waals surface area contributed by atoms with Crippen molar-refractivity contribution in [1.29, 1.82) is 0 Å². The maximum absolute atomic E-state index is 13.1. The molecule has 0 fully saturated rings. The molecule has 0 unspecified atom stereocenters. The van der Waals surface area contributed by atoms with Crippen molar-refractivity contribution in [3.63, 3.8) is 0 Å². The summed E-state index contributed by atoms with van der Waals surface area (Å²) in [6, 6.07) is 13.7. The molecule has 1 heterocycles. The van der Waals surface area contributed by atoms with E-state index in [4.69, 9.17) is 4.74 Å². The molecule has 0 radical (unpaired) electrons. The molecule has 3 rings (SSSR count). The largest absolute Gasteiger partial charge is 0.461 e. The summed E-state index contributed by atoms with van der Waals surface area (Å²) in [4.78, 5) is 31.0. The number of aromatic nitrogens is 1. The lowest BCUT2D eigenvalue weighted by molar-refractivity contribution is 0.0520. The Hall–Kier alpha value is -2.73. The molecule has 1 aromatic heterocycles. The van der Waals surface area contributed by atoms with Gasteiger partial charge in [-0.2, -0.15) is 0 Å². The Labute approximate surface area is 162 Å². The Bertz CT molecular complexity index is 965. The third-order valence-electron chi connectivity index (χ3n) is 4.22. The number of hydrogen-bond acceptors (Lipinski definition) is 5. The Morgan fingerprint density at radius 1 is 1.15 bits per heavy atom. The van der Waals surface area contributed by atoms with Crippen LogP contribution >= 0.6 is 11.3 Å². The van der Waals surface area contributed by atoms with Gasteiger partial charge in [0.1, 0.15) is 5.01 Å². The van der Waals surface area contributed by atoms with E-state index in [-0.39, 0.29) is 11.9 Å². The van der Waals surface area contributed by atoms with E-state index in [1.165, 1.54) is 11.3 Å². The normalized spacial score (nSPS) is 11.0. The van der Waals surface area contributed by atoms with Crippen LogP contribution in [0.15, 0.2) is 47.8 Å². The zero-order chi connectivity index (χ0) is 19.4. The lowest BCUT2D eigenvalue weighted by atomic mass is 10.1. The number of rotatable bonds is 6. The molecule has 6 heteroatoms. The first-order valence-electron chi connectivity index (χ1n) is 8.91. The van der Waals surface area contributed by atoms with E-state index in [1.54, 1.807) is 17.2 Å². The minimum absolute atomic E-state index is 0.00101. The topological polar surface area (TPSA) is 59.5 Å². The summed E-state index contributed by atoms with van der Waals surface area (Å²) < 4.78 is 4.98. The molecule has 140 valence electrons. The molecule has 2 aromatic carbocycles. The third kappa shape index (κ3) is 4.34.